The summed E-state index contributed by atoms with van der Waals surface area (Å²) >= 11 is 1.56. The Hall–Kier alpha value is -1.69. The summed E-state index contributed by atoms with van der Waals surface area (Å²) in [6, 6.07) is 10.4. The zero-order valence-corrected chi connectivity index (χ0v) is 18.1. The lowest BCUT2D eigenvalue weighted by Gasteiger charge is -2.34. The zero-order chi connectivity index (χ0) is 19.9. The fourth-order valence-corrected chi connectivity index (χ4v) is 4.96. The molecule has 1 aromatic heterocycles. The van der Waals surface area contributed by atoms with E-state index in [9.17, 15) is 4.79 Å². The number of para-hydroxylation sites is 1. The zero-order valence-electron chi connectivity index (χ0n) is 17.3. The van der Waals surface area contributed by atoms with Gasteiger partial charge in [0.2, 0.25) is 0 Å². The van der Waals surface area contributed by atoms with E-state index in [1.807, 2.05) is 18.2 Å². The molecule has 28 heavy (non-hydrogen) atoms. The van der Waals surface area contributed by atoms with E-state index in [0.29, 0.717) is 5.92 Å². The monoisotopic (exact) mass is 400 g/mol. The molecule has 0 spiro atoms. The van der Waals surface area contributed by atoms with Crippen molar-refractivity contribution in [3.05, 3.63) is 51.7 Å². The second kappa shape index (κ2) is 10.2. The van der Waals surface area contributed by atoms with E-state index in [-0.39, 0.29) is 5.78 Å². The van der Waals surface area contributed by atoms with E-state index in [2.05, 4.69) is 34.4 Å². The van der Waals surface area contributed by atoms with Gasteiger partial charge < -0.3 is 14.5 Å². The number of ketones is 1. The second-order valence-electron chi connectivity index (χ2n) is 7.94. The first-order chi connectivity index (χ1) is 13.5. The van der Waals surface area contributed by atoms with Crippen molar-refractivity contribution in [1.82, 2.24) is 9.80 Å². The number of hydrogen-bond acceptors (Lipinski definition) is 5. The molecule has 0 N–H and O–H groups in total. The van der Waals surface area contributed by atoms with Crippen molar-refractivity contribution < 1.29 is 9.53 Å². The summed E-state index contributed by atoms with van der Waals surface area (Å²) in [5, 5.41) is 2.12. The van der Waals surface area contributed by atoms with Crippen molar-refractivity contribution in [2.75, 3.05) is 40.3 Å². The summed E-state index contributed by atoms with van der Waals surface area (Å²) in [6.07, 6.45) is 3.62. The molecule has 3 rings (SSSR count). The van der Waals surface area contributed by atoms with E-state index >= 15 is 0 Å². The highest BCUT2D eigenvalue weighted by Crippen LogP contribution is 2.22. The van der Waals surface area contributed by atoms with Crippen molar-refractivity contribution in [2.24, 2.45) is 5.92 Å². The fraction of sp³-hybridized carbons (Fsp3) is 0.522. The number of thiophene rings is 1. The molecule has 0 radical (unpaired) electrons. The summed E-state index contributed by atoms with van der Waals surface area (Å²) in [6.45, 7) is 7.12. The minimum Gasteiger partial charge on any atom is -0.496 e. The van der Waals surface area contributed by atoms with Gasteiger partial charge in [0, 0.05) is 26.2 Å². The van der Waals surface area contributed by atoms with Crippen molar-refractivity contribution in [1.29, 1.82) is 0 Å². The molecule has 1 saturated heterocycles. The van der Waals surface area contributed by atoms with Gasteiger partial charge in [-0.2, -0.15) is 0 Å². The van der Waals surface area contributed by atoms with Gasteiger partial charge in [-0.25, -0.2) is 0 Å². The van der Waals surface area contributed by atoms with Crippen LogP contribution in [0.1, 0.15) is 40.6 Å². The third-order valence-corrected chi connectivity index (χ3v) is 6.60. The van der Waals surface area contributed by atoms with Gasteiger partial charge in [-0.15, -0.1) is 11.3 Å². The van der Waals surface area contributed by atoms with Crippen molar-refractivity contribution in [3.8, 4) is 5.75 Å². The standard InChI is InChI=1S/C23H32N2O2S/c1-18(26)23-13-20(17-28-23)15-24(2)14-19-7-6-11-25(16-19)12-10-21-8-4-5-9-22(21)27-3/h4-5,8-9,13,17,19H,6-7,10-12,14-16H2,1-3H3/t19-/m1/s1. The molecule has 2 aromatic rings. The molecule has 152 valence electrons. The SMILES string of the molecule is COc1ccccc1CCN1CCC[C@H](CN(C)Cc2csc(C(C)=O)c2)C1. The summed E-state index contributed by atoms with van der Waals surface area (Å²) in [5.41, 5.74) is 2.55. The number of carbonyl (C=O) groups is 1. The predicted octanol–water partition coefficient (Wildman–Crippen LogP) is 4.35. The van der Waals surface area contributed by atoms with Gasteiger partial charge >= 0.3 is 0 Å². The summed E-state index contributed by atoms with van der Waals surface area (Å²) in [4.78, 5) is 17.4. The summed E-state index contributed by atoms with van der Waals surface area (Å²) < 4.78 is 5.49. The number of piperidine rings is 1. The van der Waals surface area contributed by atoms with Crippen LogP contribution in [-0.2, 0) is 13.0 Å². The lowest BCUT2D eigenvalue weighted by Crippen LogP contribution is -2.40. The highest BCUT2D eigenvalue weighted by atomic mass is 32.1. The van der Waals surface area contributed by atoms with Gasteiger partial charge in [-0.05, 0) is 74.3 Å². The molecular weight excluding hydrogens is 368 g/mol. The lowest BCUT2D eigenvalue weighted by molar-refractivity contribution is 0.102. The normalized spacial score (nSPS) is 17.8. The molecule has 0 aliphatic carbocycles. The van der Waals surface area contributed by atoms with E-state index in [0.717, 1.165) is 36.7 Å². The fourth-order valence-electron chi connectivity index (χ4n) is 4.15. The summed E-state index contributed by atoms with van der Waals surface area (Å²) in [7, 11) is 3.94. The maximum atomic E-state index is 11.5. The minimum absolute atomic E-state index is 0.164. The smallest absolute Gasteiger partial charge is 0.169 e. The van der Waals surface area contributed by atoms with E-state index in [1.165, 1.54) is 37.1 Å². The van der Waals surface area contributed by atoms with Gasteiger partial charge in [-0.3, -0.25) is 4.79 Å². The second-order valence-corrected chi connectivity index (χ2v) is 8.85. The maximum absolute atomic E-state index is 11.5. The Morgan fingerprint density at radius 1 is 1.36 bits per heavy atom. The molecule has 2 heterocycles. The molecule has 1 atom stereocenters. The molecule has 1 fully saturated rings. The highest BCUT2D eigenvalue weighted by molar-refractivity contribution is 7.12. The number of rotatable bonds is 9. The molecule has 5 heteroatoms. The van der Waals surface area contributed by atoms with Crippen LogP contribution in [0.4, 0.5) is 0 Å². The molecule has 0 saturated carbocycles. The number of hydrogen-bond donors (Lipinski definition) is 0. The Morgan fingerprint density at radius 3 is 2.93 bits per heavy atom. The first-order valence-corrected chi connectivity index (χ1v) is 11.0. The number of likely N-dealkylation sites (tertiary alicyclic amines) is 1. The quantitative estimate of drug-likeness (QED) is 0.586. The van der Waals surface area contributed by atoms with Crippen LogP contribution in [0, 0.1) is 5.92 Å². The number of carbonyl (C=O) groups excluding carboxylic acids is 1. The average Bonchev–Trinajstić information content (AvgIpc) is 3.15. The van der Waals surface area contributed by atoms with Gasteiger partial charge in [0.1, 0.15) is 5.75 Å². The Bertz CT molecular complexity index is 773. The van der Waals surface area contributed by atoms with Gasteiger partial charge in [0.05, 0.1) is 12.0 Å². The van der Waals surface area contributed by atoms with E-state index in [4.69, 9.17) is 4.74 Å². The predicted molar refractivity (Wildman–Crippen MR) is 117 cm³/mol. The number of benzene rings is 1. The molecule has 4 nitrogen and oxygen atoms in total. The molecule has 0 amide bonds. The van der Waals surface area contributed by atoms with Crippen LogP contribution in [0.2, 0.25) is 0 Å². The van der Waals surface area contributed by atoms with E-state index < -0.39 is 0 Å². The van der Waals surface area contributed by atoms with Gasteiger partial charge in [-0.1, -0.05) is 18.2 Å². The Morgan fingerprint density at radius 2 is 2.18 bits per heavy atom. The van der Waals surface area contributed by atoms with E-state index in [1.54, 1.807) is 25.4 Å². The van der Waals surface area contributed by atoms with Gasteiger partial charge in [0.15, 0.2) is 5.78 Å². The third kappa shape index (κ3) is 5.90. The van der Waals surface area contributed by atoms with Crippen molar-refractivity contribution in [3.63, 3.8) is 0 Å². The maximum Gasteiger partial charge on any atom is 0.169 e. The van der Waals surface area contributed by atoms with Crippen LogP contribution >= 0.6 is 11.3 Å². The van der Waals surface area contributed by atoms with Crippen molar-refractivity contribution >= 4 is 17.1 Å². The first-order valence-electron chi connectivity index (χ1n) is 10.2. The number of nitrogens with zero attached hydrogens (tertiary/aromatic N) is 2. The Labute approximate surface area is 173 Å². The summed E-state index contributed by atoms with van der Waals surface area (Å²) in [5.74, 6) is 1.87. The third-order valence-electron chi connectivity index (χ3n) is 5.52. The molecule has 0 bridgehead atoms. The lowest BCUT2D eigenvalue weighted by atomic mass is 9.97. The molecule has 1 aliphatic rings. The van der Waals surface area contributed by atoms with Crippen LogP contribution < -0.4 is 4.74 Å². The first kappa shape index (κ1) is 21.0. The van der Waals surface area contributed by atoms with Crippen LogP contribution in [0.5, 0.6) is 5.75 Å². The molecule has 1 aliphatic heterocycles. The van der Waals surface area contributed by atoms with Crippen LogP contribution in [-0.4, -0.2) is 55.9 Å². The number of Topliss-reactive ketones (excluding diaryl/α,β-unsaturated/α-hetero) is 1. The molecule has 0 unspecified atom stereocenters. The van der Waals surface area contributed by atoms with Gasteiger partial charge in [0.25, 0.3) is 0 Å². The van der Waals surface area contributed by atoms with Crippen LogP contribution in [0.15, 0.2) is 35.7 Å². The molecular formula is C23H32N2O2S. The number of methoxy groups -OCH3 is 1. The van der Waals surface area contributed by atoms with Crippen LogP contribution in [0.3, 0.4) is 0 Å². The topological polar surface area (TPSA) is 32.8 Å². The highest BCUT2D eigenvalue weighted by Gasteiger charge is 2.21. The Balaban J connectivity index is 1.46. The molecule has 1 aromatic carbocycles. The van der Waals surface area contributed by atoms with Crippen molar-refractivity contribution in [2.45, 2.75) is 32.7 Å². The Kier molecular flexibility index (Phi) is 7.65. The largest absolute Gasteiger partial charge is 0.496 e. The minimum atomic E-state index is 0.164. The van der Waals surface area contributed by atoms with Crippen LogP contribution in [0.25, 0.3) is 0 Å². The average molecular weight is 401 g/mol. The number of ether oxygens (including phenoxy) is 1.